The molecular formula is C15H13ClF2N2O4S2. The number of hydrogen-bond acceptors (Lipinski definition) is 4. The Morgan fingerprint density at radius 1 is 1.12 bits per heavy atom. The van der Waals surface area contributed by atoms with E-state index in [0.29, 0.717) is 18.6 Å². The Morgan fingerprint density at radius 2 is 1.85 bits per heavy atom. The highest BCUT2D eigenvalue weighted by molar-refractivity contribution is 7.93. The predicted octanol–water partition coefficient (Wildman–Crippen LogP) is 2.96. The van der Waals surface area contributed by atoms with Crippen LogP contribution in [0.1, 0.15) is 6.42 Å². The number of sulfonamides is 2. The molecule has 2 aromatic carbocycles. The van der Waals surface area contributed by atoms with Crippen molar-refractivity contribution in [3.05, 3.63) is 53.1 Å². The summed E-state index contributed by atoms with van der Waals surface area (Å²) in [7, 11) is -7.95. The Labute approximate surface area is 154 Å². The highest BCUT2D eigenvalue weighted by Gasteiger charge is 2.30. The van der Waals surface area contributed by atoms with E-state index in [2.05, 4.69) is 4.72 Å². The average Bonchev–Trinajstić information content (AvgIpc) is 2.90. The van der Waals surface area contributed by atoms with Crippen LogP contribution < -0.4 is 9.03 Å². The first-order valence-corrected chi connectivity index (χ1v) is 10.8. The number of benzene rings is 2. The lowest BCUT2D eigenvalue weighted by molar-refractivity contribution is 0.555. The predicted molar refractivity (Wildman–Crippen MR) is 94.4 cm³/mol. The van der Waals surface area contributed by atoms with Crippen molar-refractivity contribution in [3.8, 4) is 0 Å². The second-order valence-corrected chi connectivity index (χ2v) is 9.66. The highest BCUT2D eigenvalue weighted by Crippen LogP contribution is 2.34. The summed E-state index contributed by atoms with van der Waals surface area (Å²) in [5.41, 5.74) is 0.0826. The molecule has 0 unspecified atom stereocenters. The Morgan fingerprint density at radius 3 is 2.50 bits per heavy atom. The molecular weight excluding hydrogens is 410 g/mol. The van der Waals surface area contributed by atoms with Crippen LogP contribution in [0.25, 0.3) is 0 Å². The Bertz CT molecular complexity index is 1080. The quantitative estimate of drug-likeness (QED) is 0.821. The minimum atomic E-state index is -4.42. The Balaban J connectivity index is 1.98. The van der Waals surface area contributed by atoms with Crippen molar-refractivity contribution in [2.45, 2.75) is 11.3 Å². The maximum absolute atomic E-state index is 13.8. The fourth-order valence-corrected chi connectivity index (χ4v) is 5.55. The van der Waals surface area contributed by atoms with Crippen LogP contribution in [0, 0.1) is 11.6 Å². The summed E-state index contributed by atoms with van der Waals surface area (Å²) in [5.74, 6) is -2.06. The minimum Gasteiger partial charge on any atom is -0.279 e. The molecule has 1 aliphatic rings. The van der Waals surface area contributed by atoms with Crippen LogP contribution in [-0.4, -0.2) is 29.1 Å². The highest BCUT2D eigenvalue weighted by atomic mass is 35.5. The van der Waals surface area contributed by atoms with Crippen molar-refractivity contribution < 1.29 is 25.6 Å². The van der Waals surface area contributed by atoms with Gasteiger partial charge in [-0.25, -0.2) is 25.6 Å². The van der Waals surface area contributed by atoms with E-state index >= 15 is 0 Å². The average molecular weight is 423 g/mol. The van der Waals surface area contributed by atoms with E-state index in [-0.39, 0.29) is 28.7 Å². The van der Waals surface area contributed by atoms with Gasteiger partial charge in [-0.15, -0.1) is 0 Å². The zero-order chi connectivity index (χ0) is 19.1. The molecule has 140 valence electrons. The van der Waals surface area contributed by atoms with E-state index in [1.54, 1.807) is 0 Å². The summed E-state index contributed by atoms with van der Waals surface area (Å²) < 4.78 is 79.0. The number of rotatable bonds is 4. The van der Waals surface area contributed by atoms with Gasteiger partial charge in [0.05, 0.1) is 22.2 Å². The number of halogens is 3. The maximum Gasteiger partial charge on any atom is 0.264 e. The fraction of sp³-hybridized carbons (Fsp3) is 0.200. The molecule has 0 aromatic heterocycles. The van der Waals surface area contributed by atoms with Gasteiger partial charge in [0, 0.05) is 6.54 Å². The smallest absolute Gasteiger partial charge is 0.264 e. The molecule has 1 fully saturated rings. The molecule has 1 N–H and O–H groups in total. The standard InChI is InChI=1S/C15H13ClF2N2O4S2/c16-12-4-3-11(9-14(12)20-6-1-7-25(20,21)22)19-26(23,24)15-8-10(17)2-5-13(15)18/h2-5,8-9,19H,1,6-7H2. The van der Waals surface area contributed by atoms with Crippen molar-refractivity contribution in [1.29, 1.82) is 0 Å². The Kier molecular flexibility index (Phi) is 4.84. The normalized spacial score (nSPS) is 16.7. The van der Waals surface area contributed by atoms with Crippen molar-refractivity contribution in [3.63, 3.8) is 0 Å². The summed E-state index contributed by atoms with van der Waals surface area (Å²) in [6.45, 7) is 0.219. The number of hydrogen-bond donors (Lipinski definition) is 1. The van der Waals surface area contributed by atoms with E-state index in [0.717, 1.165) is 10.4 Å². The van der Waals surface area contributed by atoms with Crippen LogP contribution in [-0.2, 0) is 20.0 Å². The molecule has 1 heterocycles. The molecule has 0 spiro atoms. The van der Waals surface area contributed by atoms with E-state index in [9.17, 15) is 25.6 Å². The molecule has 26 heavy (non-hydrogen) atoms. The van der Waals surface area contributed by atoms with Crippen molar-refractivity contribution in [1.82, 2.24) is 0 Å². The van der Waals surface area contributed by atoms with Gasteiger partial charge >= 0.3 is 0 Å². The van der Waals surface area contributed by atoms with Gasteiger partial charge in [0.25, 0.3) is 10.0 Å². The molecule has 3 rings (SSSR count). The monoisotopic (exact) mass is 422 g/mol. The number of nitrogens with zero attached hydrogens (tertiary/aromatic N) is 1. The minimum absolute atomic E-state index is 0.0323. The third kappa shape index (κ3) is 3.62. The molecule has 0 atom stereocenters. The molecule has 0 radical (unpaired) electrons. The van der Waals surface area contributed by atoms with Crippen molar-refractivity contribution >= 4 is 43.0 Å². The third-order valence-electron chi connectivity index (χ3n) is 3.75. The molecule has 2 aromatic rings. The summed E-state index contributed by atoms with van der Waals surface area (Å²) >= 11 is 6.04. The van der Waals surface area contributed by atoms with Gasteiger partial charge < -0.3 is 0 Å². The zero-order valence-electron chi connectivity index (χ0n) is 13.1. The van der Waals surface area contributed by atoms with Gasteiger partial charge in [-0.1, -0.05) is 11.6 Å². The fourth-order valence-electron chi connectivity index (χ4n) is 2.57. The van der Waals surface area contributed by atoms with E-state index in [4.69, 9.17) is 11.6 Å². The topological polar surface area (TPSA) is 83.6 Å². The summed E-state index contributed by atoms with van der Waals surface area (Å²) in [6.07, 6.45) is 0.420. The van der Waals surface area contributed by atoms with Gasteiger partial charge in [-0.3, -0.25) is 9.03 Å². The van der Waals surface area contributed by atoms with Gasteiger partial charge in [0.1, 0.15) is 16.5 Å². The lowest BCUT2D eigenvalue weighted by atomic mass is 10.3. The summed E-state index contributed by atoms with van der Waals surface area (Å²) in [5, 5.41) is 0.121. The first kappa shape index (κ1) is 18.9. The maximum atomic E-state index is 13.8. The lowest BCUT2D eigenvalue weighted by Crippen LogP contribution is -2.25. The van der Waals surface area contributed by atoms with Gasteiger partial charge in [-0.05, 0) is 42.8 Å². The van der Waals surface area contributed by atoms with Crippen LogP contribution >= 0.6 is 11.6 Å². The molecule has 0 amide bonds. The largest absolute Gasteiger partial charge is 0.279 e. The summed E-state index contributed by atoms with van der Waals surface area (Å²) in [6, 6.07) is 5.91. The second-order valence-electron chi connectivity index (χ2n) is 5.59. The van der Waals surface area contributed by atoms with Crippen LogP contribution in [0.5, 0.6) is 0 Å². The molecule has 0 saturated carbocycles. The molecule has 11 heteroatoms. The number of nitrogens with one attached hydrogen (secondary N) is 1. The third-order valence-corrected chi connectivity index (χ3v) is 7.32. The zero-order valence-corrected chi connectivity index (χ0v) is 15.5. The van der Waals surface area contributed by atoms with E-state index in [1.165, 1.54) is 18.2 Å². The van der Waals surface area contributed by atoms with Gasteiger partial charge in [-0.2, -0.15) is 0 Å². The molecule has 1 saturated heterocycles. The van der Waals surface area contributed by atoms with Gasteiger partial charge in [0.2, 0.25) is 10.0 Å². The van der Waals surface area contributed by atoms with Crippen molar-refractivity contribution in [2.75, 3.05) is 21.3 Å². The molecule has 0 aliphatic carbocycles. The first-order valence-electron chi connectivity index (χ1n) is 7.38. The van der Waals surface area contributed by atoms with Crippen LogP contribution in [0.15, 0.2) is 41.3 Å². The SMILES string of the molecule is O=S(=O)(Nc1ccc(Cl)c(N2CCCS2(=O)=O)c1)c1cc(F)ccc1F. The second kappa shape index (κ2) is 6.67. The lowest BCUT2D eigenvalue weighted by Gasteiger charge is -2.19. The van der Waals surface area contributed by atoms with Crippen LogP contribution in [0.4, 0.5) is 20.2 Å². The number of anilines is 2. The van der Waals surface area contributed by atoms with Crippen LogP contribution in [0.3, 0.4) is 0 Å². The summed E-state index contributed by atoms with van der Waals surface area (Å²) in [4.78, 5) is -0.859. The van der Waals surface area contributed by atoms with E-state index < -0.39 is 36.6 Å². The molecule has 1 aliphatic heterocycles. The van der Waals surface area contributed by atoms with Crippen molar-refractivity contribution in [2.24, 2.45) is 0 Å². The van der Waals surface area contributed by atoms with Crippen LogP contribution in [0.2, 0.25) is 5.02 Å². The van der Waals surface area contributed by atoms with Gasteiger partial charge in [0.15, 0.2) is 0 Å². The van der Waals surface area contributed by atoms with E-state index in [1.807, 2.05) is 0 Å². The molecule has 6 nitrogen and oxygen atoms in total. The Hall–Kier alpha value is -1.91. The molecule has 0 bridgehead atoms. The first-order chi connectivity index (χ1) is 12.1.